The number of azo groups is 1. The van der Waals surface area contributed by atoms with E-state index in [0.717, 1.165) is 12.1 Å². The molecule has 45 heavy (non-hydrogen) atoms. The number of aromatic carboxylic acids is 1. The fourth-order valence-electron chi connectivity index (χ4n) is 3.29. The lowest BCUT2D eigenvalue weighted by atomic mass is 10.2. The first-order valence-corrected chi connectivity index (χ1v) is 17.4. The molecular formula is C22H20N4O15S4. The Balaban J connectivity index is 2.12. The highest BCUT2D eigenvalue weighted by molar-refractivity contribution is 7.91. The Bertz CT molecular complexity index is 2130. The number of benzene rings is 3. The van der Waals surface area contributed by atoms with Gasteiger partial charge in [-0.25, -0.2) is 17.4 Å². The summed E-state index contributed by atoms with van der Waals surface area (Å²) in [7, 11) is -19.7. The standard InChI is InChI=1S/C22H20N4O15S4/c27-20-18(11-15(12-19(20)44(35,36)37)42(30,31)9-8-41-45(38,39)40)24-26-21(13-4-2-1-3-5-13)25-23-17-7-6-14(43(32,33)34)10-16(17)22(28)29/h1-7,10-12,24,27H,8-9H2,(H,28,29)(H,32,33,34)(H,35,36,37)(H,38,39,40)/b25-23?,26-21+. The fraction of sp³-hybridized carbons (Fsp3) is 0.0909. The SMILES string of the molecule is O=C(O)c1cc(S(=O)(=O)O)ccc1N=N/C(=N/Nc1cc(S(=O)(=O)CCOS(=O)(=O)O)cc(S(=O)(=O)O)c1O)c1ccccc1. The van der Waals surface area contributed by atoms with Gasteiger partial charge in [0.2, 0.25) is 5.84 Å². The minimum Gasteiger partial charge on any atom is -0.504 e. The maximum Gasteiger partial charge on any atom is 0.397 e. The monoisotopic (exact) mass is 708 g/mol. The van der Waals surface area contributed by atoms with Gasteiger partial charge in [0.15, 0.2) is 15.6 Å². The molecule has 0 fully saturated rings. The van der Waals surface area contributed by atoms with E-state index in [1.807, 2.05) is 0 Å². The van der Waals surface area contributed by atoms with E-state index in [9.17, 15) is 57.8 Å². The van der Waals surface area contributed by atoms with Gasteiger partial charge in [0.1, 0.15) is 16.3 Å². The van der Waals surface area contributed by atoms with Gasteiger partial charge in [-0.05, 0) is 30.3 Å². The molecule has 6 N–H and O–H groups in total. The number of hydrogen-bond donors (Lipinski definition) is 6. The number of anilines is 1. The second kappa shape index (κ2) is 13.3. The Labute approximate surface area is 254 Å². The summed E-state index contributed by atoms with van der Waals surface area (Å²) in [5.74, 6) is -4.37. The largest absolute Gasteiger partial charge is 0.504 e. The summed E-state index contributed by atoms with van der Waals surface area (Å²) in [4.78, 5) is 8.76. The van der Waals surface area contributed by atoms with E-state index in [1.165, 1.54) is 24.3 Å². The molecule has 0 saturated carbocycles. The first-order valence-electron chi connectivity index (χ1n) is 11.5. The van der Waals surface area contributed by atoms with Crippen LogP contribution in [0.3, 0.4) is 0 Å². The van der Waals surface area contributed by atoms with Crippen LogP contribution in [0.1, 0.15) is 15.9 Å². The van der Waals surface area contributed by atoms with Crippen LogP contribution < -0.4 is 5.43 Å². The van der Waals surface area contributed by atoms with Gasteiger partial charge in [0.05, 0.1) is 27.7 Å². The average Bonchev–Trinajstić information content (AvgIpc) is 2.92. The number of phenols is 1. The number of hydrogen-bond acceptors (Lipinski definition) is 14. The first-order chi connectivity index (χ1) is 20.7. The van der Waals surface area contributed by atoms with Gasteiger partial charge in [-0.15, -0.1) is 10.2 Å². The van der Waals surface area contributed by atoms with Gasteiger partial charge in [-0.3, -0.25) is 19.1 Å². The van der Waals surface area contributed by atoms with E-state index in [0.29, 0.717) is 18.2 Å². The predicted molar refractivity (Wildman–Crippen MR) is 152 cm³/mol. The molecular weight excluding hydrogens is 689 g/mol. The lowest BCUT2D eigenvalue weighted by Crippen LogP contribution is -2.16. The molecule has 0 radical (unpaired) electrons. The number of carbonyl (C=O) groups is 1. The van der Waals surface area contributed by atoms with Crippen LogP contribution in [0, 0.1) is 0 Å². The van der Waals surface area contributed by atoms with Crippen molar-refractivity contribution in [3.63, 3.8) is 0 Å². The van der Waals surface area contributed by atoms with Gasteiger partial charge in [0.25, 0.3) is 20.2 Å². The Kier molecular flexibility index (Phi) is 10.4. The van der Waals surface area contributed by atoms with Gasteiger partial charge in [-0.1, -0.05) is 30.3 Å². The van der Waals surface area contributed by atoms with Crippen LogP contribution in [0.2, 0.25) is 0 Å². The van der Waals surface area contributed by atoms with E-state index in [4.69, 9.17) is 4.55 Å². The number of rotatable bonds is 12. The zero-order chi connectivity index (χ0) is 33.8. The Morgan fingerprint density at radius 3 is 2.02 bits per heavy atom. The summed E-state index contributed by atoms with van der Waals surface area (Å²) in [6, 6.07) is 10.9. The van der Waals surface area contributed by atoms with Crippen molar-refractivity contribution in [3.8, 4) is 5.75 Å². The number of carboxylic acid groups (broad SMARTS) is 1. The summed E-state index contributed by atoms with van der Waals surface area (Å²) in [5.41, 5.74) is 0.490. The average molecular weight is 709 g/mol. The highest BCUT2D eigenvalue weighted by atomic mass is 32.3. The summed E-state index contributed by atoms with van der Waals surface area (Å²) >= 11 is 0. The molecule has 0 unspecified atom stereocenters. The van der Waals surface area contributed by atoms with E-state index in [1.54, 1.807) is 6.07 Å². The third-order valence-corrected chi connectivity index (χ3v) is 9.17. The van der Waals surface area contributed by atoms with Crippen LogP contribution in [0.4, 0.5) is 11.4 Å². The number of phenolic OH excluding ortho intramolecular Hbond substituents is 1. The van der Waals surface area contributed by atoms with Crippen molar-refractivity contribution in [1.82, 2.24) is 0 Å². The number of sulfone groups is 1. The van der Waals surface area contributed by atoms with Gasteiger partial charge in [-0.2, -0.15) is 30.4 Å². The van der Waals surface area contributed by atoms with E-state index >= 15 is 0 Å². The molecule has 23 heteroatoms. The second-order valence-corrected chi connectivity index (χ2v) is 14.4. The van der Waals surface area contributed by atoms with E-state index < -0.39 is 102 Å². The molecule has 3 rings (SSSR count). The Morgan fingerprint density at radius 1 is 0.822 bits per heavy atom. The highest BCUT2D eigenvalue weighted by Crippen LogP contribution is 2.35. The van der Waals surface area contributed by atoms with Gasteiger partial charge in [0, 0.05) is 5.56 Å². The zero-order valence-electron chi connectivity index (χ0n) is 22.0. The molecule has 19 nitrogen and oxygen atoms in total. The van der Waals surface area contributed by atoms with Crippen LogP contribution in [-0.4, -0.2) is 81.7 Å². The smallest absolute Gasteiger partial charge is 0.397 e. The number of nitrogens with one attached hydrogen (secondary N) is 1. The molecule has 0 atom stereocenters. The maximum atomic E-state index is 12.7. The maximum absolute atomic E-state index is 12.7. The number of amidine groups is 1. The van der Waals surface area contributed by atoms with Crippen molar-refractivity contribution in [1.29, 1.82) is 0 Å². The van der Waals surface area contributed by atoms with Crippen molar-refractivity contribution < 1.29 is 66.5 Å². The molecule has 3 aromatic carbocycles. The molecule has 0 aliphatic rings. The molecule has 3 aromatic rings. The highest BCUT2D eigenvalue weighted by Gasteiger charge is 2.26. The van der Waals surface area contributed by atoms with Crippen molar-refractivity contribution in [2.45, 2.75) is 14.7 Å². The van der Waals surface area contributed by atoms with Crippen LogP contribution in [0.25, 0.3) is 0 Å². The fourth-order valence-corrected chi connectivity index (χ4v) is 6.04. The third-order valence-electron chi connectivity index (χ3n) is 5.33. The normalized spacial score (nSPS) is 13.2. The Morgan fingerprint density at radius 2 is 1.47 bits per heavy atom. The summed E-state index contributed by atoms with van der Waals surface area (Å²) in [5, 5.41) is 31.4. The molecule has 0 bridgehead atoms. The van der Waals surface area contributed by atoms with Crippen LogP contribution in [0.5, 0.6) is 5.75 Å². The minimum atomic E-state index is -5.27. The van der Waals surface area contributed by atoms with Gasteiger partial charge < -0.3 is 10.2 Å². The van der Waals surface area contributed by atoms with Crippen molar-refractivity contribution in [2.24, 2.45) is 15.3 Å². The molecule has 0 saturated heterocycles. The van der Waals surface area contributed by atoms with Crippen molar-refractivity contribution >= 4 is 63.7 Å². The molecule has 0 aromatic heterocycles. The second-order valence-electron chi connectivity index (χ2n) is 8.43. The van der Waals surface area contributed by atoms with Crippen molar-refractivity contribution in [3.05, 3.63) is 71.8 Å². The molecule has 242 valence electrons. The predicted octanol–water partition coefficient (Wildman–Crippen LogP) is 1.73. The molecule has 0 spiro atoms. The van der Waals surface area contributed by atoms with Crippen LogP contribution in [-0.2, 0) is 44.7 Å². The molecule has 0 amide bonds. The van der Waals surface area contributed by atoms with Crippen LogP contribution in [0.15, 0.2) is 90.7 Å². The lowest BCUT2D eigenvalue weighted by molar-refractivity contribution is 0.0697. The van der Waals surface area contributed by atoms with Crippen molar-refractivity contribution in [2.75, 3.05) is 17.8 Å². The number of nitrogens with zero attached hydrogens (tertiary/aromatic N) is 3. The molecule has 0 heterocycles. The quantitative estimate of drug-likeness (QED) is 0.0389. The number of aromatic hydroxyl groups is 1. The van der Waals surface area contributed by atoms with E-state index in [2.05, 4.69) is 24.9 Å². The van der Waals surface area contributed by atoms with E-state index in [-0.39, 0.29) is 5.56 Å². The summed E-state index contributed by atoms with van der Waals surface area (Å²) < 4.78 is 125. The summed E-state index contributed by atoms with van der Waals surface area (Å²) in [6.45, 7) is -1.09. The zero-order valence-corrected chi connectivity index (χ0v) is 25.2. The molecule has 0 aliphatic heterocycles. The number of carboxylic acids is 1. The first kappa shape index (κ1) is 35.1. The topological polar surface area (TPSA) is 313 Å². The minimum absolute atomic E-state index is 0.167. The lowest BCUT2D eigenvalue weighted by Gasteiger charge is -2.12. The molecule has 0 aliphatic carbocycles. The van der Waals surface area contributed by atoms with Gasteiger partial charge >= 0.3 is 16.4 Å². The van der Waals surface area contributed by atoms with Crippen LogP contribution >= 0.6 is 0 Å². The number of hydrazone groups is 1. The Hall–Kier alpha value is -4.36. The summed E-state index contributed by atoms with van der Waals surface area (Å²) in [6.07, 6.45) is 0. The third kappa shape index (κ3) is 9.56.